The minimum absolute atomic E-state index is 0.0157. The number of benzene rings is 6. The van der Waals surface area contributed by atoms with Crippen LogP contribution in [0, 0.1) is 6.85 Å². The van der Waals surface area contributed by atoms with Crippen molar-refractivity contribution in [2.75, 3.05) is 0 Å². The second-order valence-electron chi connectivity index (χ2n) is 17.7. The van der Waals surface area contributed by atoms with Crippen LogP contribution in [0.2, 0.25) is 0 Å². The smallest absolute Gasteiger partial charge is 0.149 e. The monoisotopic (exact) mass is 814 g/mol. The zero-order valence-electron chi connectivity index (χ0n) is 47.7. The van der Waals surface area contributed by atoms with Crippen LogP contribution >= 0.6 is 0 Å². The second-order valence-corrected chi connectivity index (χ2v) is 17.7. The molecule has 4 nitrogen and oxygen atoms in total. The normalized spacial score (nSPS) is 16.0. The number of nitrogens with zero attached hydrogens (tertiary/aromatic N) is 3. The molecule has 0 aliphatic heterocycles. The number of hydrogen-bond acceptors (Lipinski definition) is 3. The molecule has 2 heterocycles. The van der Waals surface area contributed by atoms with Crippen LogP contribution in [0.1, 0.15) is 125 Å². The highest BCUT2D eigenvalue weighted by Gasteiger charge is 2.26. The molecule has 0 radical (unpaired) electrons. The Morgan fingerprint density at radius 2 is 1.34 bits per heavy atom. The fourth-order valence-corrected chi connectivity index (χ4v) is 8.01. The molecule has 0 bridgehead atoms. The van der Waals surface area contributed by atoms with Gasteiger partial charge in [-0.3, -0.25) is 9.55 Å². The Kier molecular flexibility index (Phi) is 7.61. The number of hydrogen-bond donors (Lipinski definition) is 1. The largest absolute Gasteiger partial charge is 0.507 e. The third-order valence-corrected chi connectivity index (χ3v) is 11.5. The van der Waals surface area contributed by atoms with Crippen LogP contribution in [0.3, 0.4) is 0 Å². The first kappa shape index (κ1) is 29.1. The predicted octanol–water partition coefficient (Wildman–Crippen LogP) is 15.6. The number of pyridine rings is 1. The van der Waals surface area contributed by atoms with Crippen LogP contribution < -0.4 is 0 Å². The van der Waals surface area contributed by atoms with Crippen LogP contribution in [0.25, 0.3) is 72.7 Å². The Bertz CT molecular complexity index is 3300. The fraction of sp³-hybridized carbons (Fsp3) is 0.263. The van der Waals surface area contributed by atoms with Crippen LogP contribution in [0.5, 0.6) is 5.75 Å². The second kappa shape index (κ2) is 16.0. The number of imidazole rings is 1. The number of phenolic OH excluding ortho intramolecular Hbond substituents is 1. The summed E-state index contributed by atoms with van der Waals surface area (Å²) in [5, 5.41) is 12.3. The topological polar surface area (TPSA) is 50.9 Å². The lowest BCUT2D eigenvalue weighted by Crippen LogP contribution is -2.11. The minimum Gasteiger partial charge on any atom is -0.507 e. The van der Waals surface area contributed by atoms with Gasteiger partial charge in [0.05, 0.1) is 28.0 Å². The molecule has 1 N–H and O–H groups in total. The number of phenols is 1. The summed E-state index contributed by atoms with van der Waals surface area (Å²) in [6, 6.07) is 40.4. The van der Waals surface area contributed by atoms with Crippen molar-refractivity contribution in [3.63, 3.8) is 0 Å². The maximum atomic E-state index is 12.3. The maximum Gasteiger partial charge on any atom is 0.149 e. The number of aromatic hydroxyl groups is 1. The van der Waals surface area contributed by atoms with Crippen molar-refractivity contribution < 1.29 is 21.6 Å². The SMILES string of the molecule is [2H]C([2H])([2H])c1ccc(-n2c(-c3cc(C(C)C)cc(C(C)C)c3O)nc3c(-c4cc(-c5cc(-c6ccc(C(C([2H])([2H])[2H])(C([2H])([2H])[2H])C([2H])([2H])[2H])cc6)ccn5)cc(C(C)(C)C)c4)cccc32)c(-c2ccccc2)c1. The molecule has 0 aliphatic carbocycles. The van der Waals surface area contributed by atoms with E-state index in [9.17, 15) is 5.11 Å². The Labute approximate surface area is 379 Å². The highest BCUT2D eigenvalue weighted by molar-refractivity contribution is 5.98. The van der Waals surface area contributed by atoms with Gasteiger partial charge in [0, 0.05) is 39.3 Å². The Morgan fingerprint density at radius 1 is 0.590 bits per heavy atom. The number of aromatic nitrogens is 3. The van der Waals surface area contributed by atoms with Crippen LogP contribution in [0.15, 0.2) is 140 Å². The zero-order chi connectivity index (χ0) is 53.4. The van der Waals surface area contributed by atoms with Gasteiger partial charge in [0.15, 0.2) is 0 Å². The van der Waals surface area contributed by atoms with Gasteiger partial charge in [0.1, 0.15) is 11.6 Å². The molecule has 4 heteroatoms. The Balaban J connectivity index is 1.36. The average molecular weight is 814 g/mol. The van der Waals surface area contributed by atoms with E-state index in [2.05, 4.69) is 52.8 Å². The number of para-hydroxylation sites is 1. The highest BCUT2D eigenvalue weighted by atomic mass is 16.3. The van der Waals surface area contributed by atoms with Crippen molar-refractivity contribution in [3.05, 3.63) is 167 Å². The molecule has 0 unspecified atom stereocenters. The summed E-state index contributed by atoms with van der Waals surface area (Å²) in [5.41, 5.74) is 7.51. The standard InChI is InChI=1S/C57H59N3O/c1-35(2)41-32-47(36(3)4)54(61)49(33-41)55-59-53-46(18-15-19-52(53)60(55)51-25-20-37(5)28-48(51)39-16-13-12-14-17-39)42-29-43(31-45(30-42)57(9,10)11)50-34-40(26-27-58-50)38-21-23-44(24-22-38)56(6,7)8/h12-36,61H,1-11H3/i5D3,6D3,7D3,8D3. The summed E-state index contributed by atoms with van der Waals surface area (Å²) in [5.74, 6) is 0.696. The van der Waals surface area contributed by atoms with Gasteiger partial charge in [-0.15, -0.1) is 0 Å². The molecule has 0 atom stereocenters. The van der Waals surface area contributed by atoms with Gasteiger partial charge in [-0.05, 0) is 123 Å². The summed E-state index contributed by atoms with van der Waals surface area (Å²) in [6.07, 6.45) is 1.65. The molecule has 0 spiro atoms. The first-order chi connectivity index (χ1) is 33.9. The van der Waals surface area contributed by atoms with Crippen molar-refractivity contribution in [2.24, 2.45) is 0 Å². The van der Waals surface area contributed by atoms with E-state index in [4.69, 9.17) is 26.4 Å². The molecule has 308 valence electrons. The van der Waals surface area contributed by atoms with Gasteiger partial charge in [-0.1, -0.05) is 160 Å². The van der Waals surface area contributed by atoms with Gasteiger partial charge < -0.3 is 5.11 Å². The first-order valence-corrected chi connectivity index (χ1v) is 20.8. The van der Waals surface area contributed by atoms with Crippen molar-refractivity contribution in [2.45, 2.75) is 98.5 Å². The van der Waals surface area contributed by atoms with Crippen molar-refractivity contribution in [1.82, 2.24) is 14.5 Å². The highest BCUT2D eigenvalue weighted by Crippen LogP contribution is 2.44. The van der Waals surface area contributed by atoms with Crippen molar-refractivity contribution in [3.8, 4) is 67.5 Å². The van der Waals surface area contributed by atoms with Gasteiger partial charge in [0.2, 0.25) is 0 Å². The van der Waals surface area contributed by atoms with Gasteiger partial charge >= 0.3 is 0 Å². The zero-order valence-corrected chi connectivity index (χ0v) is 35.7. The van der Waals surface area contributed by atoms with E-state index < -0.39 is 32.8 Å². The summed E-state index contributed by atoms with van der Waals surface area (Å²) in [7, 11) is 0. The average Bonchev–Trinajstić information content (AvgIpc) is 3.69. The van der Waals surface area contributed by atoms with Gasteiger partial charge in [-0.2, -0.15) is 0 Å². The lowest BCUT2D eigenvalue weighted by atomic mass is 9.83. The third-order valence-electron chi connectivity index (χ3n) is 11.5. The van der Waals surface area contributed by atoms with E-state index in [-0.39, 0.29) is 34.1 Å². The molecule has 6 aromatic carbocycles. The molecule has 8 aromatic rings. The van der Waals surface area contributed by atoms with Crippen LogP contribution in [0.4, 0.5) is 0 Å². The molecule has 0 fully saturated rings. The number of fused-ring (bicyclic) bond motifs is 1. The summed E-state index contributed by atoms with van der Waals surface area (Å²) in [4.78, 5) is 10.3. The van der Waals surface area contributed by atoms with E-state index in [0.717, 1.165) is 44.5 Å². The molecule has 0 saturated carbocycles. The van der Waals surface area contributed by atoms with Crippen LogP contribution in [-0.2, 0) is 10.8 Å². The molecule has 61 heavy (non-hydrogen) atoms. The summed E-state index contributed by atoms with van der Waals surface area (Å²) >= 11 is 0. The minimum atomic E-state index is -3.38. The molecule has 8 rings (SSSR count). The van der Waals surface area contributed by atoms with E-state index >= 15 is 0 Å². The maximum absolute atomic E-state index is 12.3. The molecular weight excluding hydrogens is 743 g/mol. The first-order valence-electron chi connectivity index (χ1n) is 26.8. The Morgan fingerprint density at radius 3 is 2.03 bits per heavy atom. The Hall–Kier alpha value is -6.26. The lowest BCUT2D eigenvalue weighted by Gasteiger charge is -2.22. The third kappa shape index (κ3) is 8.16. The van der Waals surface area contributed by atoms with Crippen molar-refractivity contribution in [1.29, 1.82) is 0 Å². The van der Waals surface area contributed by atoms with Crippen molar-refractivity contribution >= 4 is 11.0 Å². The molecule has 0 aliphatic rings. The molecule has 0 saturated heterocycles. The number of rotatable bonds is 8. The van der Waals surface area contributed by atoms with Gasteiger partial charge in [-0.25, -0.2) is 4.98 Å². The van der Waals surface area contributed by atoms with Crippen LogP contribution in [-0.4, -0.2) is 19.6 Å². The molecular formula is C57H59N3O. The molecule has 2 aromatic heterocycles. The van der Waals surface area contributed by atoms with E-state index in [1.165, 1.54) is 24.3 Å². The van der Waals surface area contributed by atoms with Gasteiger partial charge in [0.25, 0.3) is 0 Å². The fourth-order valence-electron chi connectivity index (χ4n) is 8.01. The quantitative estimate of drug-likeness (QED) is 0.166. The van der Waals surface area contributed by atoms with E-state index in [1.807, 2.05) is 91.2 Å². The predicted molar refractivity (Wildman–Crippen MR) is 258 cm³/mol. The summed E-state index contributed by atoms with van der Waals surface area (Å²) < 4.78 is 101. The lowest BCUT2D eigenvalue weighted by molar-refractivity contribution is 0.466. The van der Waals surface area contributed by atoms with E-state index in [1.54, 1.807) is 24.4 Å². The number of aryl methyl sites for hydroxylation is 1. The summed E-state index contributed by atoms with van der Waals surface area (Å²) in [6.45, 7) is 2.15. The molecule has 0 amide bonds. The van der Waals surface area contributed by atoms with E-state index in [0.29, 0.717) is 45.0 Å².